The number of hydrogen-bond donors (Lipinski definition) is 2. The molecule has 0 saturated heterocycles. The maximum Gasteiger partial charge on any atom is 0.320 e. The maximum absolute atomic E-state index is 11.2. The van der Waals surface area contributed by atoms with Crippen LogP contribution in [0.2, 0.25) is 0 Å². The van der Waals surface area contributed by atoms with E-state index in [1.54, 1.807) is 24.0 Å². The molecular weight excluding hydrogens is 204 g/mol. The predicted octanol–water partition coefficient (Wildman–Crippen LogP) is 1.17. The number of carbonyl (C=O) groups is 1. The number of halogens is 1. The van der Waals surface area contributed by atoms with Gasteiger partial charge in [-0.1, -0.05) is 0 Å². The van der Waals surface area contributed by atoms with Gasteiger partial charge in [0.15, 0.2) is 0 Å². The Labute approximate surface area is 87.4 Å². The number of amides is 2. The molecule has 14 heavy (non-hydrogen) atoms. The summed E-state index contributed by atoms with van der Waals surface area (Å²) in [7, 11) is 1.76. The summed E-state index contributed by atoms with van der Waals surface area (Å²) < 4.78 is 1.58. The van der Waals surface area contributed by atoms with E-state index in [4.69, 9.17) is 11.6 Å². The van der Waals surface area contributed by atoms with E-state index in [0.29, 0.717) is 18.2 Å². The van der Waals surface area contributed by atoms with Crippen molar-refractivity contribution in [3.05, 3.63) is 12.3 Å². The van der Waals surface area contributed by atoms with Gasteiger partial charge in [0.1, 0.15) is 5.82 Å². The van der Waals surface area contributed by atoms with Gasteiger partial charge in [-0.3, -0.25) is 10.00 Å². The van der Waals surface area contributed by atoms with Crippen molar-refractivity contribution in [2.75, 3.05) is 17.7 Å². The largest absolute Gasteiger partial charge is 0.338 e. The molecule has 2 N–H and O–H groups in total. The Bertz CT molecular complexity index is 299. The fraction of sp³-hybridized carbons (Fsp3) is 0.500. The highest BCUT2D eigenvalue weighted by Gasteiger charge is 2.02. The van der Waals surface area contributed by atoms with Gasteiger partial charge >= 0.3 is 6.03 Å². The number of nitrogens with zero attached hydrogens (tertiary/aromatic N) is 2. The van der Waals surface area contributed by atoms with Gasteiger partial charge < -0.3 is 5.32 Å². The van der Waals surface area contributed by atoms with Crippen LogP contribution in [0.1, 0.15) is 6.42 Å². The average Bonchev–Trinajstić information content (AvgIpc) is 2.52. The lowest BCUT2D eigenvalue weighted by molar-refractivity contribution is 0.252. The number of rotatable bonds is 4. The minimum atomic E-state index is -0.237. The van der Waals surface area contributed by atoms with Gasteiger partial charge in [-0.25, -0.2) is 4.79 Å². The van der Waals surface area contributed by atoms with Crippen LogP contribution in [0.25, 0.3) is 0 Å². The number of nitrogens with one attached hydrogen (secondary N) is 2. The number of carbonyl (C=O) groups excluding carboxylic acids is 1. The van der Waals surface area contributed by atoms with Crippen LogP contribution in [0, 0.1) is 0 Å². The molecule has 2 amide bonds. The van der Waals surface area contributed by atoms with Crippen molar-refractivity contribution in [1.29, 1.82) is 0 Å². The molecule has 1 rings (SSSR count). The van der Waals surface area contributed by atoms with E-state index in [1.165, 1.54) is 0 Å². The Morgan fingerprint density at radius 1 is 1.71 bits per heavy atom. The first-order valence-electron chi connectivity index (χ1n) is 4.33. The molecule has 0 aliphatic rings. The fourth-order valence-corrected chi connectivity index (χ4v) is 1.06. The summed E-state index contributed by atoms with van der Waals surface area (Å²) in [5.74, 6) is 1.21. The molecule has 1 aromatic heterocycles. The quantitative estimate of drug-likeness (QED) is 0.587. The van der Waals surface area contributed by atoms with E-state index in [1.807, 2.05) is 0 Å². The lowest BCUT2D eigenvalue weighted by Crippen LogP contribution is -2.30. The molecule has 0 aliphatic heterocycles. The minimum Gasteiger partial charge on any atom is -0.338 e. The van der Waals surface area contributed by atoms with Crippen molar-refractivity contribution in [2.24, 2.45) is 7.05 Å². The number of urea groups is 1. The third kappa shape index (κ3) is 3.26. The number of aromatic nitrogens is 2. The van der Waals surface area contributed by atoms with Gasteiger partial charge in [0, 0.05) is 25.5 Å². The molecular formula is C8H13ClN4O. The molecule has 0 aliphatic carbocycles. The molecule has 0 aromatic carbocycles. The van der Waals surface area contributed by atoms with Crippen molar-refractivity contribution >= 4 is 23.4 Å². The summed E-state index contributed by atoms with van der Waals surface area (Å²) >= 11 is 5.47. The number of aryl methyl sites for hydroxylation is 1. The second kappa shape index (κ2) is 5.49. The van der Waals surface area contributed by atoms with Crippen LogP contribution in [-0.4, -0.2) is 28.2 Å². The first kappa shape index (κ1) is 10.8. The summed E-state index contributed by atoms with van der Waals surface area (Å²) in [4.78, 5) is 11.2. The predicted molar refractivity (Wildman–Crippen MR) is 55.6 cm³/mol. The second-order valence-corrected chi connectivity index (χ2v) is 3.14. The van der Waals surface area contributed by atoms with E-state index >= 15 is 0 Å². The molecule has 5 nitrogen and oxygen atoms in total. The van der Waals surface area contributed by atoms with Crippen LogP contribution in [0.5, 0.6) is 0 Å². The van der Waals surface area contributed by atoms with Crippen LogP contribution in [-0.2, 0) is 7.05 Å². The Hall–Kier alpha value is -1.23. The monoisotopic (exact) mass is 216 g/mol. The molecule has 0 unspecified atom stereocenters. The summed E-state index contributed by atoms with van der Waals surface area (Å²) in [6.07, 6.45) is 2.38. The van der Waals surface area contributed by atoms with Gasteiger partial charge in [0.2, 0.25) is 0 Å². The Balaban J connectivity index is 2.31. The van der Waals surface area contributed by atoms with Gasteiger partial charge in [0.25, 0.3) is 0 Å². The van der Waals surface area contributed by atoms with Crippen molar-refractivity contribution in [2.45, 2.75) is 6.42 Å². The smallest absolute Gasteiger partial charge is 0.320 e. The maximum atomic E-state index is 11.2. The molecule has 0 saturated carbocycles. The highest BCUT2D eigenvalue weighted by atomic mass is 35.5. The van der Waals surface area contributed by atoms with Crippen molar-refractivity contribution in [3.63, 3.8) is 0 Å². The lowest BCUT2D eigenvalue weighted by atomic mass is 10.5. The molecule has 78 valence electrons. The van der Waals surface area contributed by atoms with E-state index in [0.717, 1.165) is 6.42 Å². The van der Waals surface area contributed by atoms with Gasteiger partial charge in [-0.2, -0.15) is 5.10 Å². The van der Waals surface area contributed by atoms with Crippen LogP contribution in [0.15, 0.2) is 12.3 Å². The third-order valence-electron chi connectivity index (χ3n) is 1.66. The normalized spacial score (nSPS) is 9.86. The highest BCUT2D eigenvalue weighted by Crippen LogP contribution is 2.02. The fourth-order valence-electron chi connectivity index (χ4n) is 0.926. The summed E-state index contributed by atoms with van der Waals surface area (Å²) in [5, 5.41) is 9.25. The molecule has 0 bridgehead atoms. The topological polar surface area (TPSA) is 59.0 Å². The van der Waals surface area contributed by atoms with Gasteiger partial charge in [-0.15, -0.1) is 11.6 Å². The molecule has 0 radical (unpaired) electrons. The van der Waals surface area contributed by atoms with E-state index in [2.05, 4.69) is 15.7 Å². The summed E-state index contributed by atoms with van der Waals surface area (Å²) in [6.45, 7) is 0.577. The number of anilines is 1. The van der Waals surface area contributed by atoms with Gasteiger partial charge in [-0.05, 0) is 6.42 Å². The SMILES string of the molecule is Cn1nccc1NC(=O)NCCCCl. The van der Waals surface area contributed by atoms with E-state index in [-0.39, 0.29) is 6.03 Å². The van der Waals surface area contributed by atoms with E-state index in [9.17, 15) is 4.79 Å². The van der Waals surface area contributed by atoms with Crippen LogP contribution >= 0.6 is 11.6 Å². The minimum absolute atomic E-state index is 0.237. The zero-order chi connectivity index (χ0) is 10.4. The van der Waals surface area contributed by atoms with E-state index < -0.39 is 0 Å². The Morgan fingerprint density at radius 2 is 2.50 bits per heavy atom. The zero-order valence-electron chi connectivity index (χ0n) is 7.96. The third-order valence-corrected chi connectivity index (χ3v) is 1.93. The van der Waals surface area contributed by atoms with Crippen LogP contribution in [0.3, 0.4) is 0 Å². The number of alkyl halides is 1. The molecule has 0 spiro atoms. The Kier molecular flexibility index (Phi) is 4.25. The standard InChI is InChI=1S/C8H13ClN4O/c1-13-7(3-6-11-13)12-8(14)10-5-2-4-9/h3,6H,2,4-5H2,1H3,(H2,10,12,14). The summed E-state index contributed by atoms with van der Waals surface area (Å²) in [6, 6.07) is 1.49. The number of hydrogen-bond acceptors (Lipinski definition) is 2. The lowest BCUT2D eigenvalue weighted by Gasteiger charge is -2.06. The van der Waals surface area contributed by atoms with Crippen molar-refractivity contribution in [1.82, 2.24) is 15.1 Å². The molecule has 1 aromatic rings. The molecule has 0 atom stereocenters. The first-order valence-corrected chi connectivity index (χ1v) is 4.86. The Morgan fingerprint density at radius 3 is 3.07 bits per heavy atom. The van der Waals surface area contributed by atoms with Crippen molar-refractivity contribution in [3.8, 4) is 0 Å². The van der Waals surface area contributed by atoms with Crippen molar-refractivity contribution < 1.29 is 4.79 Å². The van der Waals surface area contributed by atoms with Crippen LogP contribution in [0.4, 0.5) is 10.6 Å². The zero-order valence-corrected chi connectivity index (χ0v) is 8.71. The highest BCUT2D eigenvalue weighted by molar-refractivity contribution is 6.17. The molecule has 6 heteroatoms. The second-order valence-electron chi connectivity index (χ2n) is 2.76. The van der Waals surface area contributed by atoms with Crippen LogP contribution < -0.4 is 10.6 Å². The average molecular weight is 217 g/mol. The first-order chi connectivity index (χ1) is 6.74. The summed E-state index contributed by atoms with van der Waals surface area (Å²) in [5.41, 5.74) is 0. The molecule has 0 fully saturated rings. The van der Waals surface area contributed by atoms with Gasteiger partial charge in [0.05, 0.1) is 6.20 Å². The molecule has 1 heterocycles.